The van der Waals surface area contributed by atoms with Crippen molar-refractivity contribution in [2.45, 2.75) is 6.92 Å². The zero-order valence-electron chi connectivity index (χ0n) is 7.82. The molecule has 1 aromatic rings. The highest BCUT2D eigenvalue weighted by molar-refractivity contribution is 5.44. The van der Waals surface area contributed by atoms with Gasteiger partial charge in [0.05, 0.1) is 17.6 Å². The minimum atomic E-state index is -0.469. The van der Waals surface area contributed by atoms with Crippen molar-refractivity contribution in [1.82, 2.24) is 0 Å². The molecule has 0 aliphatic carbocycles. The fourth-order valence-corrected chi connectivity index (χ4v) is 1.04. The van der Waals surface area contributed by atoms with E-state index in [1.54, 1.807) is 6.07 Å². The Kier molecular flexibility index (Phi) is 3.23. The minimum absolute atomic E-state index is 0.0119. The van der Waals surface area contributed by atoms with Crippen LogP contribution >= 0.6 is 0 Å². The molecule has 4 heteroatoms. The summed E-state index contributed by atoms with van der Waals surface area (Å²) in [7, 11) is 0. The Morgan fingerprint density at radius 3 is 2.79 bits per heavy atom. The van der Waals surface area contributed by atoms with Gasteiger partial charge in [-0.25, -0.2) is 0 Å². The molecule has 1 rings (SSSR count). The van der Waals surface area contributed by atoms with Gasteiger partial charge >= 0.3 is 0 Å². The van der Waals surface area contributed by atoms with Crippen LogP contribution in [0.1, 0.15) is 12.5 Å². The smallest absolute Gasteiger partial charge is 0.273 e. The van der Waals surface area contributed by atoms with Crippen LogP contribution in [0.5, 0.6) is 5.75 Å². The van der Waals surface area contributed by atoms with E-state index in [-0.39, 0.29) is 5.69 Å². The molecule has 0 unspecified atom stereocenters. The number of non-ortho nitro benzene ring substituents is 1. The number of benzene rings is 1. The highest BCUT2D eigenvalue weighted by atomic mass is 16.6. The number of ether oxygens (including phenoxy) is 1. The minimum Gasteiger partial charge on any atom is -0.494 e. The van der Waals surface area contributed by atoms with Gasteiger partial charge in [-0.15, -0.1) is 0 Å². The molecule has 4 nitrogen and oxygen atoms in total. The highest BCUT2D eigenvalue weighted by Crippen LogP contribution is 2.22. The highest BCUT2D eigenvalue weighted by Gasteiger charge is 2.08. The molecule has 1 aromatic carbocycles. The van der Waals surface area contributed by atoms with Crippen LogP contribution in [-0.2, 0) is 0 Å². The molecule has 14 heavy (non-hydrogen) atoms. The first-order chi connectivity index (χ1) is 6.67. The van der Waals surface area contributed by atoms with Crippen molar-refractivity contribution >= 4 is 5.69 Å². The predicted molar refractivity (Wildman–Crippen MR) is 52.2 cm³/mol. The van der Waals surface area contributed by atoms with Crippen LogP contribution in [0.4, 0.5) is 5.69 Å². The van der Waals surface area contributed by atoms with Crippen molar-refractivity contribution in [3.63, 3.8) is 0 Å². The van der Waals surface area contributed by atoms with Crippen LogP contribution < -0.4 is 4.74 Å². The third kappa shape index (κ3) is 2.32. The van der Waals surface area contributed by atoms with E-state index in [0.717, 1.165) is 0 Å². The fourth-order valence-electron chi connectivity index (χ4n) is 1.04. The van der Waals surface area contributed by atoms with Crippen LogP contribution in [0.3, 0.4) is 0 Å². The number of nitrogens with zero attached hydrogens (tertiary/aromatic N) is 1. The van der Waals surface area contributed by atoms with E-state index in [0.29, 0.717) is 17.9 Å². The summed E-state index contributed by atoms with van der Waals surface area (Å²) in [5, 5.41) is 10.5. The standard InChI is InChI=1S/C10H10NO3/c1-3-8-5-9(11(12)13)7-10(6-8)14-4-2/h5-7H,1,4H2,2H3. The summed E-state index contributed by atoms with van der Waals surface area (Å²) in [5.41, 5.74) is 0.546. The predicted octanol–water partition coefficient (Wildman–Crippen LogP) is 2.33. The Bertz CT molecular complexity index is 360. The average Bonchev–Trinajstić information content (AvgIpc) is 2.17. The van der Waals surface area contributed by atoms with Gasteiger partial charge in [-0.3, -0.25) is 10.1 Å². The molecule has 0 bridgehead atoms. The molecule has 1 radical (unpaired) electrons. The van der Waals surface area contributed by atoms with E-state index >= 15 is 0 Å². The maximum Gasteiger partial charge on any atom is 0.273 e. The quantitative estimate of drug-likeness (QED) is 0.543. The first kappa shape index (κ1) is 10.2. The van der Waals surface area contributed by atoms with Crippen LogP contribution in [0.2, 0.25) is 0 Å². The lowest BCUT2D eigenvalue weighted by Crippen LogP contribution is -1.94. The molecule has 0 atom stereocenters. The monoisotopic (exact) mass is 192 g/mol. The summed E-state index contributed by atoms with van der Waals surface area (Å²) >= 11 is 0. The van der Waals surface area contributed by atoms with E-state index in [2.05, 4.69) is 12.7 Å². The third-order valence-corrected chi connectivity index (χ3v) is 1.62. The average molecular weight is 192 g/mol. The number of nitro benzene ring substituents is 1. The normalized spacial score (nSPS) is 9.50. The first-order valence-electron chi connectivity index (χ1n) is 4.12. The van der Waals surface area contributed by atoms with Gasteiger partial charge < -0.3 is 4.74 Å². The van der Waals surface area contributed by atoms with Crippen LogP contribution in [0.25, 0.3) is 0 Å². The summed E-state index contributed by atoms with van der Waals surface area (Å²) in [6.07, 6.45) is 2.59. The van der Waals surface area contributed by atoms with Crippen LogP contribution in [0.15, 0.2) is 24.8 Å². The Balaban J connectivity index is 3.12. The summed E-state index contributed by atoms with van der Waals surface area (Å²) in [6.45, 7) is 5.72. The Hall–Kier alpha value is -1.84. The van der Waals surface area contributed by atoms with Crippen molar-refractivity contribution in [2.24, 2.45) is 0 Å². The lowest BCUT2D eigenvalue weighted by Gasteiger charge is -2.03. The van der Waals surface area contributed by atoms with Crippen molar-refractivity contribution in [1.29, 1.82) is 0 Å². The maximum absolute atomic E-state index is 10.5. The Morgan fingerprint density at radius 1 is 1.57 bits per heavy atom. The molecule has 0 saturated carbocycles. The van der Waals surface area contributed by atoms with E-state index < -0.39 is 4.92 Å². The number of nitro groups is 1. The zero-order chi connectivity index (χ0) is 10.6. The molecule has 0 fully saturated rings. The van der Waals surface area contributed by atoms with Crippen molar-refractivity contribution in [2.75, 3.05) is 6.61 Å². The van der Waals surface area contributed by atoms with Crippen molar-refractivity contribution in [3.05, 3.63) is 46.5 Å². The van der Waals surface area contributed by atoms with Crippen LogP contribution in [-0.4, -0.2) is 11.5 Å². The Morgan fingerprint density at radius 2 is 2.29 bits per heavy atom. The molecular formula is C10H10NO3. The molecular weight excluding hydrogens is 182 g/mol. The molecule has 0 heterocycles. The van der Waals surface area contributed by atoms with Crippen molar-refractivity contribution < 1.29 is 9.66 Å². The second kappa shape index (κ2) is 4.41. The molecule has 0 N–H and O–H groups in total. The molecule has 0 spiro atoms. The Labute approximate surface area is 82.0 Å². The van der Waals surface area contributed by atoms with Gasteiger partial charge in [-0.1, -0.05) is 6.58 Å². The van der Waals surface area contributed by atoms with E-state index in [4.69, 9.17) is 4.74 Å². The van der Waals surface area contributed by atoms with Gasteiger partial charge in [0.2, 0.25) is 0 Å². The molecule has 0 amide bonds. The SMILES string of the molecule is C=[C]c1cc(OCC)cc([N+](=O)[O-])c1. The molecule has 0 aliphatic rings. The number of rotatable bonds is 4. The third-order valence-electron chi connectivity index (χ3n) is 1.62. The summed E-state index contributed by atoms with van der Waals surface area (Å²) in [6, 6.07) is 4.43. The molecule has 73 valence electrons. The number of hydrogen-bond acceptors (Lipinski definition) is 3. The number of hydrogen-bond donors (Lipinski definition) is 0. The largest absolute Gasteiger partial charge is 0.494 e. The second-order valence-electron chi connectivity index (χ2n) is 2.58. The second-order valence-corrected chi connectivity index (χ2v) is 2.58. The van der Waals surface area contributed by atoms with Gasteiger partial charge in [0.1, 0.15) is 5.75 Å². The van der Waals surface area contributed by atoms with E-state index in [1.165, 1.54) is 12.1 Å². The van der Waals surface area contributed by atoms with Gasteiger partial charge in [0, 0.05) is 6.07 Å². The van der Waals surface area contributed by atoms with Gasteiger partial charge in [-0.05, 0) is 24.6 Å². The molecule has 0 aromatic heterocycles. The van der Waals surface area contributed by atoms with E-state index in [1.807, 2.05) is 6.92 Å². The molecule has 0 saturated heterocycles. The van der Waals surface area contributed by atoms with Gasteiger partial charge in [-0.2, -0.15) is 0 Å². The van der Waals surface area contributed by atoms with Crippen LogP contribution in [0, 0.1) is 16.2 Å². The van der Waals surface area contributed by atoms with Gasteiger partial charge in [0.15, 0.2) is 0 Å². The van der Waals surface area contributed by atoms with Gasteiger partial charge in [0.25, 0.3) is 5.69 Å². The van der Waals surface area contributed by atoms with E-state index in [9.17, 15) is 10.1 Å². The zero-order valence-corrected chi connectivity index (χ0v) is 7.82. The fraction of sp³-hybridized carbons (Fsp3) is 0.200. The summed E-state index contributed by atoms with van der Waals surface area (Å²) in [4.78, 5) is 10.1. The van der Waals surface area contributed by atoms with Crippen molar-refractivity contribution in [3.8, 4) is 5.75 Å². The summed E-state index contributed by atoms with van der Waals surface area (Å²) < 4.78 is 5.17. The lowest BCUT2D eigenvalue weighted by molar-refractivity contribution is -0.385. The summed E-state index contributed by atoms with van der Waals surface area (Å²) in [5.74, 6) is 0.466. The lowest BCUT2D eigenvalue weighted by atomic mass is 10.2. The maximum atomic E-state index is 10.5. The first-order valence-corrected chi connectivity index (χ1v) is 4.12. The topological polar surface area (TPSA) is 52.4 Å². The molecule has 0 aliphatic heterocycles.